The lowest BCUT2D eigenvalue weighted by molar-refractivity contribution is -0.135. The molecule has 0 saturated heterocycles. The van der Waals surface area contributed by atoms with Crippen LogP contribution in [0.5, 0.6) is 0 Å². The van der Waals surface area contributed by atoms with Crippen LogP contribution in [0.1, 0.15) is 59.8 Å². The molecule has 0 aromatic heterocycles. The quantitative estimate of drug-likeness (QED) is 0.715. The first-order valence-electron chi connectivity index (χ1n) is 10.5. The van der Waals surface area contributed by atoms with Crippen molar-refractivity contribution in [1.29, 1.82) is 0 Å². The molecule has 4 aliphatic rings. The summed E-state index contributed by atoms with van der Waals surface area (Å²) in [5.74, 6) is 2.47. The SMILES string of the molecule is CC(C)C=C1C[C@@H]2[C@@H](CC[C@]3(C)C(O)CC[C@@H]23)[C@@]2(C)C=CC(=O)N(C)C12. The summed E-state index contributed by atoms with van der Waals surface area (Å²) in [4.78, 5) is 14.4. The van der Waals surface area contributed by atoms with Crippen LogP contribution in [0, 0.1) is 34.5 Å². The van der Waals surface area contributed by atoms with E-state index >= 15 is 0 Å². The van der Waals surface area contributed by atoms with Crippen LogP contribution >= 0.6 is 0 Å². The van der Waals surface area contributed by atoms with Crippen LogP contribution in [0.25, 0.3) is 0 Å². The van der Waals surface area contributed by atoms with Gasteiger partial charge >= 0.3 is 0 Å². The summed E-state index contributed by atoms with van der Waals surface area (Å²) in [6, 6.07) is 0.194. The van der Waals surface area contributed by atoms with Crippen molar-refractivity contribution in [3.63, 3.8) is 0 Å². The minimum atomic E-state index is -0.136. The molecule has 1 N–H and O–H groups in total. The molecule has 3 heteroatoms. The molecule has 0 spiro atoms. The van der Waals surface area contributed by atoms with Crippen molar-refractivity contribution in [2.24, 2.45) is 34.5 Å². The van der Waals surface area contributed by atoms with Crippen molar-refractivity contribution in [1.82, 2.24) is 4.90 Å². The molecule has 2 unspecified atom stereocenters. The Morgan fingerprint density at radius 1 is 1.23 bits per heavy atom. The third-order valence-electron chi connectivity index (χ3n) is 8.47. The zero-order valence-corrected chi connectivity index (χ0v) is 17.0. The zero-order chi connectivity index (χ0) is 18.9. The number of amides is 1. The van der Waals surface area contributed by atoms with E-state index in [9.17, 15) is 9.90 Å². The Bertz CT molecular complexity index is 665. The number of hydrogen-bond acceptors (Lipinski definition) is 2. The average molecular weight is 358 g/mol. The zero-order valence-electron chi connectivity index (χ0n) is 17.0. The smallest absolute Gasteiger partial charge is 0.246 e. The second kappa shape index (κ2) is 5.95. The first-order chi connectivity index (χ1) is 12.2. The summed E-state index contributed by atoms with van der Waals surface area (Å²) in [6.07, 6.45) is 11.8. The molecule has 3 saturated carbocycles. The van der Waals surface area contributed by atoms with Crippen LogP contribution in [0.3, 0.4) is 0 Å². The van der Waals surface area contributed by atoms with E-state index in [0.717, 1.165) is 25.7 Å². The first kappa shape index (κ1) is 18.3. The number of carbonyl (C=O) groups excluding carboxylic acids is 1. The standard InChI is InChI=1S/C23H35NO2/c1-14(2)12-15-13-16-17-6-7-19(25)22(17,3)10-8-18(16)23(4)11-9-20(26)24(5)21(15)23/h9,11-12,14,16-19,21,25H,6-8,10,13H2,1-5H3/t16-,17-,18+,19?,21?,22-,23+/m0/s1. The Kier molecular flexibility index (Phi) is 4.19. The molecule has 4 rings (SSSR count). The number of likely N-dealkylation sites (N-methyl/N-ethyl adjacent to an activating group) is 1. The highest BCUT2D eigenvalue weighted by Gasteiger charge is 2.61. The number of allylic oxidation sites excluding steroid dienone is 1. The summed E-state index contributed by atoms with van der Waals surface area (Å²) in [6.45, 7) is 9.19. The van der Waals surface area contributed by atoms with Crippen LogP contribution in [0.4, 0.5) is 0 Å². The predicted molar refractivity (Wildman–Crippen MR) is 104 cm³/mol. The Morgan fingerprint density at radius 2 is 1.96 bits per heavy atom. The minimum absolute atomic E-state index is 0.0151. The largest absolute Gasteiger partial charge is 0.393 e. The fourth-order valence-corrected chi connectivity index (χ4v) is 7.27. The van der Waals surface area contributed by atoms with Gasteiger partial charge < -0.3 is 10.0 Å². The number of hydrogen-bond donors (Lipinski definition) is 1. The lowest BCUT2D eigenvalue weighted by atomic mass is 9.47. The summed E-state index contributed by atoms with van der Waals surface area (Å²) >= 11 is 0. The molecule has 144 valence electrons. The molecule has 7 atom stereocenters. The van der Waals surface area contributed by atoms with Gasteiger partial charge in [-0.15, -0.1) is 0 Å². The number of carbonyl (C=O) groups is 1. The second-order valence-corrected chi connectivity index (χ2v) is 10.3. The maximum atomic E-state index is 12.4. The van der Waals surface area contributed by atoms with E-state index in [1.807, 2.05) is 18.0 Å². The average Bonchev–Trinajstić information content (AvgIpc) is 2.86. The molecular formula is C23H35NO2. The van der Waals surface area contributed by atoms with Crippen molar-refractivity contribution >= 4 is 5.91 Å². The summed E-state index contributed by atoms with van der Waals surface area (Å²) in [5, 5.41) is 10.7. The highest BCUT2D eigenvalue weighted by atomic mass is 16.3. The Labute approximate surface area is 158 Å². The molecule has 1 amide bonds. The highest BCUT2D eigenvalue weighted by molar-refractivity contribution is 5.89. The van der Waals surface area contributed by atoms with Crippen molar-refractivity contribution < 1.29 is 9.90 Å². The molecule has 1 aliphatic heterocycles. The van der Waals surface area contributed by atoms with E-state index in [1.54, 1.807) is 0 Å². The van der Waals surface area contributed by atoms with Gasteiger partial charge in [0.25, 0.3) is 0 Å². The molecule has 0 aromatic rings. The van der Waals surface area contributed by atoms with Crippen LogP contribution in [-0.2, 0) is 4.79 Å². The normalized spacial score (nSPS) is 49.3. The molecular weight excluding hydrogens is 322 g/mol. The van der Waals surface area contributed by atoms with Crippen LogP contribution in [0.15, 0.2) is 23.8 Å². The van der Waals surface area contributed by atoms with Crippen molar-refractivity contribution in [3.8, 4) is 0 Å². The van der Waals surface area contributed by atoms with Crippen molar-refractivity contribution in [2.45, 2.75) is 71.9 Å². The summed E-state index contributed by atoms with van der Waals surface area (Å²) in [5.41, 5.74) is 1.56. The number of nitrogens with zero attached hydrogens (tertiary/aromatic N) is 1. The minimum Gasteiger partial charge on any atom is -0.393 e. The fourth-order valence-electron chi connectivity index (χ4n) is 7.27. The fraction of sp³-hybridized carbons (Fsp3) is 0.783. The van der Waals surface area contributed by atoms with Crippen LogP contribution in [-0.4, -0.2) is 35.1 Å². The van der Waals surface area contributed by atoms with E-state index in [1.165, 1.54) is 12.0 Å². The Hall–Kier alpha value is -1.09. The Morgan fingerprint density at radius 3 is 2.65 bits per heavy atom. The van der Waals surface area contributed by atoms with E-state index in [2.05, 4.69) is 39.8 Å². The van der Waals surface area contributed by atoms with Gasteiger partial charge in [0.1, 0.15) is 0 Å². The summed E-state index contributed by atoms with van der Waals surface area (Å²) in [7, 11) is 1.98. The number of rotatable bonds is 1. The molecule has 3 aliphatic carbocycles. The van der Waals surface area contributed by atoms with E-state index < -0.39 is 0 Å². The van der Waals surface area contributed by atoms with Crippen molar-refractivity contribution in [2.75, 3.05) is 7.05 Å². The first-order valence-corrected chi connectivity index (χ1v) is 10.5. The molecule has 0 bridgehead atoms. The van der Waals surface area contributed by atoms with Gasteiger partial charge in [-0.3, -0.25) is 4.79 Å². The topological polar surface area (TPSA) is 40.5 Å². The van der Waals surface area contributed by atoms with E-state index in [4.69, 9.17) is 0 Å². The molecule has 0 aromatic carbocycles. The maximum absolute atomic E-state index is 12.4. The maximum Gasteiger partial charge on any atom is 0.246 e. The van der Waals surface area contributed by atoms with Gasteiger partial charge in [-0.1, -0.05) is 45.4 Å². The third-order valence-corrected chi connectivity index (χ3v) is 8.47. The van der Waals surface area contributed by atoms with Gasteiger partial charge in [-0.25, -0.2) is 0 Å². The predicted octanol–water partition coefficient (Wildman–Crippen LogP) is 4.18. The Balaban J connectivity index is 1.80. The van der Waals surface area contributed by atoms with Gasteiger partial charge in [0.05, 0.1) is 12.1 Å². The molecule has 3 nitrogen and oxygen atoms in total. The number of fused-ring (bicyclic) bond motifs is 5. The molecule has 26 heavy (non-hydrogen) atoms. The molecule has 0 radical (unpaired) electrons. The van der Waals surface area contributed by atoms with Gasteiger partial charge in [0.2, 0.25) is 5.91 Å². The van der Waals surface area contributed by atoms with Gasteiger partial charge in [-0.2, -0.15) is 0 Å². The number of aliphatic hydroxyl groups excluding tert-OH is 1. The lowest BCUT2D eigenvalue weighted by Gasteiger charge is -2.60. The van der Waals surface area contributed by atoms with Crippen molar-refractivity contribution in [3.05, 3.63) is 23.8 Å². The molecule has 1 heterocycles. The highest BCUT2D eigenvalue weighted by Crippen LogP contribution is 2.64. The van der Waals surface area contributed by atoms with Gasteiger partial charge in [-0.05, 0) is 67.3 Å². The second-order valence-electron chi connectivity index (χ2n) is 10.3. The lowest BCUT2D eigenvalue weighted by Crippen LogP contribution is -2.60. The van der Waals surface area contributed by atoms with Gasteiger partial charge in [0, 0.05) is 12.5 Å². The van der Waals surface area contributed by atoms with E-state index in [0.29, 0.717) is 23.7 Å². The van der Waals surface area contributed by atoms with Crippen LogP contribution in [0.2, 0.25) is 0 Å². The van der Waals surface area contributed by atoms with Crippen LogP contribution < -0.4 is 0 Å². The monoisotopic (exact) mass is 357 g/mol. The third kappa shape index (κ3) is 2.38. The molecule has 3 fully saturated rings. The number of aliphatic hydroxyl groups is 1. The summed E-state index contributed by atoms with van der Waals surface area (Å²) < 4.78 is 0. The van der Waals surface area contributed by atoms with E-state index in [-0.39, 0.29) is 28.9 Å². The van der Waals surface area contributed by atoms with Gasteiger partial charge in [0.15, 0.2) is 0 Å².